The maximum absolute atomic E-state index is 12.9. The Morgan fingerprint density at radius 3 is 2.77 bits per heavy atom. The number of rotatable bonds is 5. The van der Waals surface area contributed by atoms with Crippen molar-refractivity contribution in [3.8, 4) is 10.6 Å². The minimum Gasteiger partial charge on any atom is -0.240 e. The average Bonchev–Trinajstić information content (AvgIpc) is 3.15. The first-order chi connectivity index (χ1) is 10.6. The topological polar surface area (TPSA) is 56.5 Å². The molecule has 0 atom stereocenters. The average molecular weight is 335 g/mol. The Kier molecular flexibility index (Phi) is 4.49. The summed E-state index contributed by atoms with van der Waals surface area (Å²) in [5, 5.41) is 15.4. The lowest BCUT2D eigenvalue weighted by Crippen LogP contribution is -2.04. The van der Waals surface area contributed by atoms with E-state index in [0.717, 1.165) is 21.4 Å². The monoisotopic (exact) mass is 335 g/mol. The third-order valence-electron chi connectivity index (χ3n) is 2.94. The number of aromatic nitrogens is 5. The molecule has 114 valence electrons. The third kappa shape index (κ3) is 3.33. The van der Waals surface area contributed by atoms with Gasteiger partial charge in [0, 0.05) is 16.7 Å². The summed E-state index contributed by atoms with van der Waals surface area (Å²) in [7, 11) is 0. The number of benzene rings is 1. The Morgan fingerprint density at radius 1 is 1.27 bits per heavy atom. The first-order valence-corrected chi connectivity index (χ1v) is 8.61. The maximum Gasteiger partial charge on any atom is 0.209 e. The van der Waals surface area contributed by atoms with Crippen LogP contribution in [0.1, 0.15) is 25.6 Å². The molecule has 0 bridgehead atoms. The molecule has 2 heterocycles. The van der Waals surface area contributed by atoms with Crippen LogP contribution in [0.15, 0.2) is 34.8 Å². The van der Waals surface area contributed by atoms with Crippen LogP contribution in [0.3, 0.4) is 0 Å². The highest BCUT2D eigenvalue weighted by Gasteiger charge is 2.11. The van der Waals surface area contributed by atoms with Gasteiger partial charge in [-0.3, -0.25) is 0 Å². The fourth-order valence-electron chi connectivity index (χ4n) is 1.84. The van der Waals surface area contributed by atoms with E-state index in [9.17, 15) is 4.39 Å². The van der Waals surface area contributed by atoms with Crippen LogP contribution in [0.25, 0.3) is 10.6 Å². The highest BCUT2D eigenvalue weighted by molar-refractivity contribution is 7.98. The van der Waals surface area contributed by atoms with E-state index >= 15 is 0 Å². The van der Waals surface area contributed by atoms with Gasteiger partial charge in [0.25, 0.3) is 0 Å². The SMILES string of the molecule is CC(C)n1nnnc1SCc1csc(-c2ccc(F)cc2)n1. The molecule has 3 rings (SSSR count). The second kappa shape index (κ2) is 6.53. The Labute approximate surface area is 135 Å². The van der Waals surface area contributed by atoms with Crippen molar-refractivity contribution in [2.24, 2.45) is 0 Å². The molecule has 0 aliphatic rings. The van der Waals surface area contributed by atoms with E-state index < -0.39 is 0 Å². The number of thioether (sulfide) groups is 1. The van der Waals surface area contributed by atoms with Gasteiger partial charge < -0.3 is 0 Å². The van der Waals surface area contributed by atoms with Crippen molar-refractivity contribution < 1.29 is 4.39 Å². The minimum absolute atomic E-state index is 0.225. The number of halogens is 1. The van der Waals surface area contributed by atoms with Crippen LogP contribution in [0.4, 0.5) is 4.39 Å². The molecule has 0 amide bonds. The lowest BCUT2D eigenvalue weighted by atomic mass is 10.2. The molecule has 0 saturated heterocycles. The van der Waals surface area contributed by atoms with Crippen molar-refractivity contribution in [3.63, 3.8) is 0 Å². The van der Waals surface area contributed by atoms with E-state index in [4.69, 9.17) is 0 Å². The summed E-state index contributed by atoms with van der Waals surface area (Å²) >= 11 is 3.11. The summed E-state index contributed by atoms with van der Waals surface area (Å²) in [6.07, 6.45) is 0. The van der Waals surface area contributed by atoms with Crippen LogP contribution in [0.5, 0.6) is 0 Å². The summed E-state index contributed by atoms with van der Waals surface area (Å²) in [5.74, 6) is 0.460. The quantitative estimate of drug-likeness (QED) is 0.664. The van der Waals surface area contributed by atoms with Crippen LogP contribution >= 0.6 is 23.1 Å². The lowest BCUT2D eigenvalue weighted by molar-refractivity contribution is 0.477. The molecule has 0 N–H and O–H groups in total. The molecule has 8 heteroatoms. The number of thiazole rings is 1. The molecule has 3 aromatic rings. The number of hydrogen-bond acceptors (Lipinski definition) is 6. The molecule has 1 aromatic carbocycles. The van der Waals surface area contributed by atoms with Crippen molar-refractivity contribution in [1.29, 1.82) is 0 Å². The summed E-state index contributed by atoms with van der Waals surface area (Å²) in [4.78, 5) is 4.58. The summed E-state index contributed by atoms with van der Waals surface area (Å²) in [6.45, 7) is 4.08. The van der Waals surface area contributed by atoms with Crippen LogP contribution in [0.2, 0.25) is 0 Å². The van der Waals surface area contributed by atoms with Crippen molar-refractivity contribution in [2.75, 3.05) is 0 Å². The van der Waals surface area contributed by atoms with Gasteiger partial charge in [-0.05, 0) is 48.5 Å². The zero-order valence-electron chi connectivity index (χ0n) is 12.1. The van der Waals surface area contributed by atoms with Gasteiger partial charge in [-0.15, -0.1) is 16.4 Å². The van der Waals surface area contributed by atoms with Gasteiger partial charge in [-0.2, -0.15) is 0 Å². The zero-order valence-corrected chi connectivity index (χ0v) is 13.7. The van der Waals surface area contributed by atoms with E-state index in [-0.39, 0.29) is 11.9 Å². The van der Waals surface area contributed by atoms with Gasteiger partial charge in [0.2, 0.25) is 5.16 Å². The highest BCUT2D eigenvalue weighted by Crippen LogP contribution is 2.27. The molecule has 5 nitrogen and oxygen atoms in total. The minimum atomic E-state index is -0.239. The Morgan fingerprint density at radius 2 is 2.05 bits per heavy atom. The second-order valence-electron chi connectivity index (χ2n) is 4.94. The highest BCUT2D eigenvalue weighted by atomic mass is 32.2. The van der Waals surface area contributed by atoms with Crippen molar-refractivity contribution in [2.45, 2.75) is 30.8 Å². The zero-order chi connectivity index (χ0) is 15.5. The normalized spacial score (nSPS) is 11.3. The smallest absolute Gasteiger partial charge is 0.209 e. The predicted molar refractivity (Wildman–Crippen MR) is 85.3 cm³/mol. The van der Waals surface area contributed by atoms with Crippen LogP contribution in [-0.2, 0) is 5.75 Å². The van der Waals surface area contributed by atoms with Gasteiger partial charge >= 0.3 is 0 Å². The molecule has 0 spiro atoms. The van der Waals surface area contributed by atoms with E-state index in [0.29, 0.717) is 5.75 Å². The van der Waals surface area contributed by atoms with Crippen LogP contribution in [-0.4, -0.2) is 25.2 Å². The first kappa shape index (κ1) is 15.1. The number of tetrazole rings is 1. The maximum atomic E-state index is 12.9. The van der Waals surface area contributed by atoms with E-state index in [2.05, 4.69) is 20.5 Å². The van der Waals surface area contributed by atoms with Crippen LogP contribution < -0.4 is 0 Å². The lowest BCUT2D eigenvalue weighted by Gasteiger charge is -2.05. The van der Waals surface area contributed by atoms with E-state index in [1.807, 2.05) is 19.2 Å². The number of nitrogens with zero attached hydrogens (tertiary/aromatic N) is 5. The summed E-state index contributed by atoms with van der Waals surface area (Å²) in [6, 6.07) is 6.60. The van der Waals surface area contributed by atoms with Crippen molar-refractivity contribution in [1.82, 2.24) is 25.2 Å². The Balaban J connectivity index is 1.69. The molecular weight excluding hydrogens is 321 g/mol. The molecule has 2 aromatic heterocycles. The van der Waals surface area contributed by atoms with Gasteiger partial charge in [0.1, 0.15) is 10.8 Å². The number of hydrogen-bond donors (Lipinski definition) is 0. The molecule has 22 heavy (non-hydrogen) atoms. The van der Waals surface area contributed by atoms with Gasteiger partial charge in [0.15, 0.2) is 0 Å². The van der Waals surface area contributed by atoms with Crippen LogP contribution in [0, 0.1) is 5.82 Å². The van der Waals surface area contributed by atoms with Crippen molar-refractivity contribution >= 4 is 23.1 Å². The van der Waals surface area contributed by atoms with E-state index in [1.165, 1.54) is 12.1 Å². The predicted octanol–water partition coefficient (Wildman–Crippen LogP) is 3.81. The summed E-state index contributed by atoms with van der Waals surface area (Å²) < 4.78 is 14.7. The Hall–Kier alpha value is -1.80. The molecule has 0 saturated carbocycles. The molecule has 0 aliphatic heterocycles. The molecule has 0 aliphatic carbocycles. The Bertz CT molecular complexity index is 751. The van der Waals surface area contributed by atoms with E-state index in [1.54, 1.807) is 39.9 Å². The van der Waals surface area contributed by atoms with Crippen molar-refractivity contribution in [3.05, 3.63) is 41.2 Å². The largest absolute Gasteiger partial charge is 0.240 e. The molecule has 0 radical (unpaired) electrons. The molecule has 0 fully saturated rings. The van der Waals surface area contributed by atoms with Gasteiger partial charge in [-0.1, -0.05) is 11.8 Å². The second-order valence-corrected chi connectivity index (χ2v) is 6.74. The first-order valence-electron chi connectivity index (χ1n) is 6.74. The van der Waals surface area contributed by atoms with Gasteiger partial charge in [0.05, 0.1) is 11.7 Å². The van der Waals surface area contributed by atoms with Gasteiger partial charge in [-0.25, -0.2) is 14.1 Å². The fourth-order valence-corrected chi connectivity index (χ4v) is 3.67. The third-order valence-corrected chi connectivity index (χ3v) is 4.85. The summed E-state index contributed by atoms with van der Waals surface area (Å²) in [5.41, 5.74) is 1.89. The molecular formula is C14H14FN5S2. The molecule has 0 unspecified atom stereocenters. The fraction of sp³-hybridized carbons (Fsp3) is 0.286. The standard InChI is InChI=1S/C14H14FN5S2/c1-9(2)20-14(17-18-19-20)22-8-12-7-21-13(16-12)10-3-5-11(15)6-4-10/h3-7,9H,8H2,1-2H3.